The Morgan fingerprint density at radius 1 is 0.737 bits per heavy atom. The number of benzene rings is 3. The maximum absolute atomic E-state index is 12.1. The summed E-state index contributed by atoms with van der Waals surface area (Å²) in [5, 5.41) is 5.29. The highest BCUT2D eigenvalue weighted by atomic mass is 32.2. The first kappa shape index (κ1) is 10.8. The first-order valence-electron chi connectivity index (χ1n) is 6.04. The van der Waals surface area contributed by atoms with Crippen LogP contribution in [0.4, 0.5) is 0 Å². The molecule has 1 aliphatic heterocycles. The van der Waals surface area contributed by atoms with Crippen LogP contribution in [0.2, 0.25) is 0 Å². The van der Waals surface area contributed by atoms with Crippen molar-refractivity contribution in [2.24, 2.45) is 0 Å². The highest BCUT2D eigenvalue weighted by Gasteiger charge is 2.23. The Morgan fingerprint density at radius 2 is 1.53 bits per heavy atom. The second kappa shape index (κ2) is 3.45. The van der Waals surface area contributed by atoms with Crippen LogP contribution in [0, 0.1) is 0 Å². The highest BCUT2D eigenvalue weighted by Crippen LogP contribution is 2.36. The summed E-state index contributed by atoms with van der Waals surface area (Å²) in [5.74, 6) is 0. The number of fused-ring (bicyclic) bond motifs is 5. The molecule has 0 amide bonds. The van der Waals surface area contributed by atoms with E-state index in [1.807, 2.05) is 48.5 Å². The van der Waals surface area contributed by atoms with Gasteiger partial charge in [0.25, 0.3) is 0 Å². The van der Waals surface area contributed by atoms with Crippen molar-refractivity contribution in [2.75, 3.05) is 0 Å². The average Bonchev–Trinajstić information content (AvgIpc) is 2.74. The van der Waals surface area contributed by atoms with Gasteiger partial charge in [0.15, 0.2) is 0 Å². The molecule has 0 N–H and O–H groups in total. The zero-order valence-corrected chi connectivity index (χ0v) is 10.8. The van der Waals surface area contributed by atoms with E-state index in [4.69, 9.17) is 0 Å². The molecule has 0 spiro atoms. The third kappa shape index (κ3) is 1.39. The summed E-state index contributed by atoms with van der Waals surface area (Å²) >= 11 is 0. The van der Waals surface area contributed by atoms with Crippen molar-refractivity contribution >= 4 is 37.5 Å². The predicted molar refractivity (Wildman–Crippen MR) is 77.7 cm³/mol. The Hall–Kier alpha value is -2.13. The summed E-state index contributed by atoms with van der Waals surface area (Å²) < 4.78 is 24.2. The number of sulfone groups is 1. The second-order valence-corrected chi connectivity index (χ2v) is 6.48. The third-order valence-corrected chi connectivity index (χ3v) is 5.14. The Kier molecular flexibility index (Phi) is 1.96. The van der Waals surface area contributed by atoms with Gasteiger partial charge in [-0.05, 0) is 27.8 Å². The molecular weight excluding hydrogens is 256 g/mol. The molecule has 4 rings (SSSR count). The molecule has 0 fully saturated rings. The molecule has 2 nitrogen and oxygen atoms in total. The lowest BCUT2D eigenvalue weighted by Gasteiger charge is -2.08. The number of rotatable bonds is 0. The van der Waals surface area contributed by atoms with Gasteiger partial charge in [-0.1, -0.05) is 48.5 Å². The van der Waals surface area contributed by atoms with Crippen molar-refractivity contribution in [2.45, 2.75) is 4.90 Å². The SMILES string of the molecule is O=S1(=O)C=Cc2ccc3c(ccc4ccccc43)c21. The molecule has 0 aromatic heterocycles. The average molecular weight is 266 g/mol. The summed E-state index contributed by atoms with van der Waals surface area (Å²) in [5.41, 5.74) is 0.780. The Balaban J connectivity index is 2.28. The van der Waals surface area contributed by atoms with E-state index in [0.717, 1.165) is 27.1 Å². The molecule has 3 aromatic carbocycles. The van der Waals surface area contributed by atoms with Gasteiger partial charge >= 0.3 is 0 Å². The number of hydrogen-bond acceptors (Lipinski definition) is 2. The quantitative estimate of drug-likeness (QED) is 0.581. The molecule has 0 atom stereocenters. The molecular formula is C16H10O2S. The smallest absolute Gasteiger partial charge is 0.201 e. The van der Waals surface area contributed by atoms with E-state index in [9.17, 15) is 8.42 Å². The normalized spacial score (nSPS) is 16.0. The van der Waals surface area contributed by atoms with E-state index >= 15 is 0 Å². The first-order chi connectivity index (χ1) is 9.17. The minimum absolute atomic E-state index is 0.441. The topological polar surface area (TPSA) is 34.1 Å². The van der Waals surface area contributed by atoms with E-state index in [-0.39, 0.29) is 0 Å². The van der Waals surface area contributed by atoms with Gasteiger partial charge in [0.2, 0.25) is 9.84 Å². The van der Waals surface area contributed by atoms with Crippen molar-refractivity contribution in [1.29, 1.82) is 0 Å². The van der Waals surface area contributed by atoms with Crippen LogP contribution in [-0.2, 0) is 9.84 Å². The molecule has 0 saturated carbocycles. The van der Waals surface area contributed by atoms with E-state index < -0.39 is 9.84 Å². The summed E-state index contributed by atoms with van der Waals surface area (Å²) in [7, 11) is -3.28. The van der Waals surface area contributed by atoms with Crippen LogP contribution in [0.15, 0.2) is 58.8 Å². The molecule has 92 valence electrons. The maximum Gasteiger partial charge on any atom is 0.201 e. The van der Waals surface area contributed by atoms with Gasteiger partial charge in [0.05, 0.1) is 4.90 Å². The van der Waals surface area contributed by atoms with Gasteiger partial charge in [-0.3, -0.25) is 0 Å². The summed E-state index contributed by atoms with van der Waals surface area (Å²) in [6, 6.07) is 15.8. The largest absolute Gasteiger partial charge is 0.219 e. The molecule has 3 aromatic rings. The third-order valence-electron chi connectivity index (χ3n) is 3.62. The lowest BCUT2D eigenvalue weighted by atomic mass is 10.0. The fourth-order valence-corrected chi connectivity index (χ4v) is 4.17. The molecule has 19 heavy (non-hydrogen) atoms. The van der Waals surface area contributed by atoms with Crippen LogP contribution in [-0.4, -0.2) is 8.42 Å². The van der Waals surface area contributed by atoms with Gasteiger partial charge in [-0.25, -0.2) is 8.42 Å². The summed E-state index contributed by atoms with van der Waals surface area (Å²) in [6.07, 6.45) is 1.67. The molecule has 0 saturated heterocycles. The van der Waals surface area contributed by atoms with Crippen molar-refractivity contribution in [3.05, 3.63) is 59.5 Å². The van der Waals surface area contributed by atoms with Gasteiger partial charge < -0.3 is 0 Å². The lowest BCUT2D eigenvalue weighted by Crippen LogP contribution is -1.95. The monoisotopic (exact) mass is 266 g/mol. The van der Waals surface area contributed by atoms with E-state index in [1.165, 1.54) is 5.41 Å². The molecule has 0 aliphatic carbocycles. The van der Waals surface area contributed by atoms with Gasteiger partial charge in [-0.15, -0.1) is 0 Å². The highest BCUT2D eigenvalue weighted by molar-refractivity contribution is 7.95. The van der Waals surface area contributed by atoms with Crippen molar-refractivity contribution in [3.63, 3.8) is 0 Å². The maximum atomic E-state index is 12.1. The fraction of sp³-hybridized carbons (Fsp3) is 0. The van der Waals surface area contributed by atoms with Crippen molar-refractivity contribution in [1.82, 2.24) is 0 Å². The minimum Gasteiger partial charge on any atom is -0.219 e. The van der Waals surface area contributed by atoms with Crippen LogP contribution in [0.5, 0.6) is 0 Å². The molecule has 0 radical (unpaired) electrons. The molecule has 1 aliphatic rings. The predicted octanol–water partition coefficient (Wildman–Crippen LogP) is 3.75. The van der Waals surface area contributed by atoms with Crippen LogP contribution in [0.1, 0.15) is 5.56 Å². The van der Waals surface area contributed by atoms with Crippen LogP contribution >= 0.6 is 0 Å². The van der Waals surface area contributed by atoms with Gasteiger partial charge in [0, 0.05) is 10.8 Å². The van der Waals surface area contributed by atoms with Crippen LogP contribution < -0.4 is 0 Å². The van der Waals surface area contributed by atoms with Crippen LogP contribution in [0.3, 0.4) is 0 Å². The van der Waals surface area contributed by atoms with E-state index in [1.54, 1.807) is 6.08 Å². The molecule has 3 heteroatoms. The Labute approximate surface area is 110 Å². The van der Waals surface area contributed by atoms with Gasteiger partial charge in [-0.2, -0.15) is 0 Å². The van der Waals surface area contributed by atoms with E-state index in [0.29, 0.717) is 4.90 Å². The van der Waals surface area contributed by atoms with E-state index in [2.05, 4.69) is 0 Å². The van der Waals surface area contributed by atoms with Crippen molar-refractivity contribution < 1.29 is 8.42 Å². The zero-order valence-electron chi connectivity index (χ0n) is 10.00. The number of hydrogen-bond donors (Lipinski definition) is 0. The second-order valence-electron chi connectivity index (χ2n) is 4.71. The minimum atomic E-state index is -3.28. The lowest BCUT2D eigenvalue weighted by molar-refractivity contribution is 0.606. The Bertz CT molecular complexity index is 967. The molecule has 0 bridgehead atoms. The Morgan fingerprint density at radius 3 is 2.42 bits per heavy atom. The molecule has 0 unspecified atom stereocenters. The van der Waals surface area contributed by atoms with Crippen molar-refractivity contribution in [3.8, 4) is 0 Å². The summed E-state index contributed by atoms with van der Waals surface area (Å²) in [4.78, 5) is 0.441. The van der Waals surface area contributed by atoms with Crippen LogP contribution in [0.25, 0.3) is 27.6 Å². The summed E-state index contributed by atoms with van der Waals surface area (Å²) in [6.45, 7) is 0. The van der Waals surface area contributed by atoms with Gasteiger partial charge in [0.1, 0.15) is 0 Å². The standard InChI is InChI=1S/C16H10O2S/c17-19(18)10-9-12-6-7-14-13-4-2-1-3-11(13)5-8-15(14)16(12)19/h1-10H. The fourth-order valence-electron chi connectivity index (χ4n) is 2.76. The molecule has 1 heterocycles. The zero-order chi connectivity index (χ0) is 13.0. The first-order valence-corrected chi connectivity index (χ1v) is 7.59.